The molecule has 2 heterocycles. The molecule has 0 saturated heterocycles. The quantitative estimate of drug-likeness (QED) is 0.790. The first-order valence-electron chi connectivity index (χ1n) is 6.44. The number of amides is 1. The van der Waals surface area contributed by atoms with Crippen molar-refractivity contribution in [3.63, 3.8) is 0 Å². The number of hydrogen-bond acceptors (Lipinski definition) is 3. The molecule has 2 aromatic heterocycles. The van der Waals surface area contributed by atoms with Gasteiger partial charge in [0, 0.05) is 12.4 Å². The molecule has 106 valence electrons. The number of fused-ring (bicyclic) bond motifs is 1. The number of rotatable bonds is 2. The number of benzene rings is 1. The summed E-state index contributed by atoms with van der Waals surface area (Å²) < 4.78 is 1.58. The first-order valence-corrected chi connectivity index (χ1v) is 6.81. The van der Waals surface area contributed by atoms with Crippen LogP contribution in [0.1, 0.15) is 21.6 Å². The number of halogens is 1. The molecule has 0 aliphatic rings. The van der Waals surface area contributed by atoms with E-state index < -0.39 is 0 Å². The zero-order chi connectivity index (χ0) is 15.0. The first kappa shape index (κ1) is 13.6. The van der Waals surface area contributed by atoms with Crippen molar-refractivity contribution >= 4 is 28.8 Å². The van der Waals surface area contributed by atoms with Crippen LogP contribution in [0.25, 0.3) is 5.65 Å². The number of nitrogens with one attached hydrogen (secondary N) is 1. The van der Waals surface area contributed by atoms with Crippen LogP contribution in [0.15, 0.2) is 36.7 Å². The van der Waals surface area contributed by atoms with Gasteiger partial charge in [0.25, 0.3) is 5.91 Å². The molecular weight excluding hydrogens is 288 g/mol. The molecule has 0 atom stereocenters. The number of aryl methyl sites for hydroxylation is 2. The van der Waals surface area contributed by atoms with E-state index in [1.54, 1.807) is 42.0 Å². The van der Waals surface area contributed by atoms with Crippen molar-refractivity contribution in [3.05, 3.63) is 58.5 Å². The Balaban J connectivity index is 1.99. The molecule has 1 amide bonds. The monoisotopic (exact) mass is 300 g/mol. The Bertz CT molecular complexity index is 841. The van der Waals surface area contributed by atoms with Gasteiger partial charge >= 0.3 is 0 Å². The predicted octanol–water partition coefficient (Wildman–Crippen LogP) is 3.25. The third kappa shape index (κ3) is 2.48. The molecule has 21 heavy (non-hydrogen) atoms. The summed E-state index contributed by atoms with van der Waals surface area (Å²) in [7, 11) is 0. The normalized spacial score (nSPS) is 10.8. The fourth-order valence-corrected chi connectivity index (χ4v) is 2.45. The van der Waals surface area contributed by atoms with Crippen LogP contribution in [0.2, 0.25) is 5.02 Å². The fourth-order valence-electron chi connectivity index (χ4n) is 2.17. The number of carbonyl (C=O) groups is 1. The Labute approximate surface area is 126 Å². The van der Waals surface area contributed by atoms with Gasteiger partial charge in [-0.15, -0.1) is 0 Å². The average molecular weight is 301 g/mol. The largest absolute Gasteiger partial charge is 0.320 e. The van der Waals surface area contributed by atoms with Crippen LogP contribution in [0.3, 0.4) is 0 Å². The summed E-state index contributed by atoms with van der Waals surface area (Å²) >= 11 is 6.14. The predicted molar refractivity (Wildman–Crippen MR) is 81.9 cm³/mol. The molecule has 6 heteroatoms. The Morgan fingerprint density at radius 1 is 1.33 bits per heavy atom. The lowest BCUT2D eigenvalue weighted by atomic mass is 10.2. The molecule has 0 bridgehead atoms. The second-order valence-corrected chi connectivity index (χ2v) is 5.19. The summed E-state index contributed by atoms with van der Waals surface area (Å²) in [5.74, 6) is -0.271. The highest BCUT2D eigenvalue weighted by molar-refractivity contribution is 6.34. The van der Waals surface area contributed by atoms with Crippen molar-refractivity contribution in [1.82, 2.24) is 14.6 Å². The van der Waals surface area contributed by atoms with Gasteiger partial charge in [0.1, 0.15) is 5.56 Å². The second kappa shape index (κ2) is 5.18. The Kier molecular flexibility index (Phi) is 3.35. The van der Waals surface area contributed by atoms with Crippen LogP contribution in [-0.2, 0) is 0 Å². The highest BCUT2D eigenvalue weighted by Crippen LogP contribution is 2.24. The molecule has 0 saturated carbocycles. The van der Waals surface area contributed by atoms with E-state index in [1.807, 2.05) is 13.0 Å². The van der Waals surface area contributed by atoms with Gasteiger partial charge in [-0.25, -0.2) is 9.50 Å². The summed E-state index contributed by atoms with van der Waals surface area (Å²) in [6.07, 6.45) is 3.39. The van der Waals surface area contributed by atoms with E-state index in [4.69, 9.17) is 11.6 Å². The van der Waals surface area contributed by atoms with E-state index in [9.17, 15) is 4.79 Å². The third-order valence-electron chi connectivity index (χ3n) is 3.17. The van der Waals surface area contributed by atoms with E-state index >= 15 is 0 Å². The molecular formula is C15H13ClN4O. The van der Waals surface area contributed by atoms with Crippen LogP contribution in [0, 0.1) is 13.8 Å². The van der Waals surface area contributed by atoms with Crippen molar-refractivity contribution < 1.29 is 4.79 Å². The lowest BCUT2D eigenvalue weighted by molar-refractivity contribution is 0.102. The number of nitrogens with zero attached hydrogens (tertiary/aromatic N) is 3. The summed E-state index contributed by atoms with van der Waals surface area (Å²) in [6.45, 7) is 3.72. The summed E-state index contributed by atoms with van der Waals surface area (Å²) in [6, 6.07) is 7.24. The highest BCUT2D eigenvalue weighted by Gasteiger charge is 2.18. The minimum Gasteiger partial charge on any atom is -0.320 e. The zero-order valence-electron chi connectivity index (χ0n) is 11.6. The first-order chi connectivity index (χ1) is 10.1. The van der Waals surface area contributed by atoms with E-state index in [1.165, 1.54) is 0 Å². The van der Waals surface area contributed by atoms with Crippen molar-refractivity contribution in [3.8, 4) is 0 Å². The average Bonchev–Trinajstić information content (AvgIpc) is 2.77. The van der Waals surface area contributed by atoms with Gasteiger partial charge in [-0.1, -0.05) is 17.7 Å². The highest BCUT2D eigenvalue weighted by atomic mass is 35.5. The number of anilines is 1. The zero-order valence-corrected chi connectivity index (χ0v) is 12.3. The van der Waals surface area contributed by atoms with Gasteiger partial charge in [0.2, 0.25) is 0 Å². The van der Waals surface area contributed by atoms with E-state index in [-0.39, 0.29) is 5.91 Å². The third-order valence-corrected chi connectivity index (χ3v) is 3.48. The molecule has 0 fully saturated rings. The lowest BCUT2D eigenvalue weighted by Crippen LogP contribution is -2.13. The van der Waals surface area contributed by atoms with Gasteiger partial charge in [0.15, 0.2) is 5.65 Å². The van der Waals surface area contributed by atoms with Crippen LogP contribution >= 0.6 is 11.6 Å². The van der Waals surface area contributed by atoms with Crippen LogP contribution in [0.5, 0.6) is 0 Å². The lowest BCUT2D eigenvalue weighted by Gasteiger charge is -2.07. The van der Waals surface area contributed by atoms with Crippen LogP contribution < -0.4 is 5.32 Å². The molecule has 1 N–H and O–H groups in total. The minimum atomic E-state index is -0.271. The van der Waals surface area contributed by atoms with Crippen molar-refractivity contribution in [1.29, 1.82) is 0 Å². The maximum Gasteiger partial charge on any atom is 0.261 e. The Morgan fingerprint density at radius 3 is 2.90 bits per heavy atom. The van der Waals surface area contributed by atoms with Gasteiger partial charge in [-0.3, -0.25) is 4.79 Å². The molecule has 0 aliphatic carbocycles. The van der Waals surface area contributed by atoms with E-state index in [0.717, 1.165) is 5.56 Å². The molecule has 0 spiro atoms. The van der Waals surface area contributed by atoms with Crippen LogP contribution in [0.4, 0.5) is 5.69 Å². The second-order valence-electron chi connectivity index (χ2n) is 4.79. The smallest absolute Gasteiger partial charge is 0.261 e. The van der Waals surface area contributed by atoms with Crippen molar-refractivity contribution in [2.24, 2.45) is 0 Å². The molecule has 0 unspecified atom stereocenters. The number of carbonyl (C=O) groups excluding carboxylic acids is 1. The molecule has 0 radical (unpaired) electrons. The van der Waals surface area contributed by atoms with Crippen molar-refractivity contribution in [2.45, 2.75) is 13.8 Å². The maximum absolute atomic E-state index is 12.5. The van der Waals surface area contributed by atoms with E-state index in [2.05, 4.69) is 15.4 Å². The fraction of sp³-hybridized carbons (Fsp3) is 0.133. The summed E-state index contributed by atoms with van der Waals surface area (Å²) in [5, 5.41) is 7.59. The number of aromatic nitrogens is 3. The molecule has 3 rings (SSSR count). The Hall–Kier alpha value is -2.40. The summed E-state index contributed by atoms with van der Waals surface area (Å²) in [5.41, 5.74) is 3.20. The van der Waals surface area contributed by atoms with E-state index in [0.29, 0.717) is 27.6 Å². The van der Waals surface area contributed by atoms with Gasteiger partial charge in [-0.05, 0) is 37.6 Å². The standard InChI is InChI=1S/C15H13ClN4O/c1-9-4-5-12(11(16)8-9)18-15(21)13-10(2)19-20-7-3-6-17-14(13)20/h3-8H,1-2H3,(H,18,21). The maximum atomic E-state index is 12.5. The molecule has 1 aromatic carbocycles. The summed E-state index contributed by atoms with van der Waals surface area (Å²) in [4.78, 5) is 16.7. The topological polar surface area (TPSA) is 59.3 Å². The van der Waals surface area contributed by atoms with Gasteiger partial charge in [-0.2, -0.15) is 5.10 Å². The number of hydrogen-bond donors (Lipinski definition) is 1. The van der Waals surface area contributed by atoms with Gasteiger partial charge < -0.3 is 5.32 Å². The molecule has 3 aromatic rings. The Morgan fingerprint density at radius 2 is 2.14 bits per heavy atom. The molecule has 5 nitrogen and oxygen atoms in total. The van der Waals surface area contributed by atoms with Crippen molar-refractivity contribution in [2.75, 3.05) is 5.32 Å². The van der Waals surface area contributed by atoms with Gasteiger partial charge in [0.05, 0.1) is 16.4 Å². The SMILES string of the molecule is Cc1ccc(NC(=O)c2c(C)nn3cccnc23)c(Cl)c1. The molecule has 0 aliphatic heterocycles. The van der Waals surface area contributed by atoms with Crippen LogP contribution in [-0.4, -0.2) is 20.5 Å². The minimum absolute atomic E-state index is 0.271.